The number of rotatable bonds is 20. The van der Waals surface area contributed by atoms with E-state index in [1.165, 1.54) is 16.7 Å². The molecule has 2 atom stereocenters. The van der Waals surface area contributed by atoms with Crippen molar-refractivity contribution in [1.29, 1.82) is 0 Å². The number of hydrogen-bond donors (Lipinski definition) is 5. The smallest absolute Gasteiger partial charge is 0.321 e. The first-order valence-electron chi connectivity index (χ1n) is 17.2. The van der Waals surface area contributed by atoms with Crippen molar-refractivity contribution in [2.45, 2.75) is 83.2 Å². The van der Waals surface area contributed by atoms with E-state index in [0.29, 0.717) is 26.1 Å². The summed E-state index contributed by atoms with van der Waals surface area (Å²) < 4.78 is 2.16. The number of carbonyl (C=O) groups excluding carboxylic acids is 2. The Balaban J connectivity index is 1.22. The molecule has 0 bridgehead atoms. The van der Waals surface area contributed by atoms with Crippen molar-refractivity contribution in [3.63, 3.8) is 0 Å². The van der Waals surface area contributed by atoms with Gasteiger partial charge in [0, 0.05) is 77.0 Å². The minimum atomic E-state index is -1.22. The van der Waals surface area contributed by atoms with Crippen molar-refractivity contribution in [2.24, 2.45) is 5.73 Å². The van der Waals surface area contributed by atoms with Gasteiger partial charge in [0.15, 0.2) is 5.82 Å². The second-order valence-electron chi connectivity index (χ2n) is 12.9. The van der Waals surface area contributed by atoms with Gasteiger partial charge in [-0.15, -0.1) is 11.8 Å². The number of thioether (sulfide) groups is 1. The van der Waals surface area contributed by atoms with Gasteiger partial charge in [-0.3, -0.25) is 24.1 Å². The van der Waals surface area contributed by atoms with Gasteiger partial charge in [-0.2, -0.15) is 4.98 Å². The van der Waals surface area contributed by atoms with Gasteiger partial charge >= 0.3 is 11.9 Å². The van der Waals surface area contributed by atoms with Crippen LogP contribution in [0, 0.1) is 6.92 Å². The molecule has 1 aliphatic rings. The lowest BCUT2D eigenvalue weighted by Crippen LogP contribution is -2.48. The molecule has 1 saturated heterocycles. The van der Waals surface area contributed by atoms with Crippen LogP contribution in [0.3, 0.4) is 0 Å². The molecule has 50 heavy (non-hydrogen) atoms. The number of hydrogen-bond acceptors (Lipinski definition) is 11. The van der Waals surface area contributed by atoms with E-state index in [1.807, 2.05) is 17.2 Å². The summed E-state index contributed by atoms with van der Waals surface area (Å²) in [4.78, 5) is 60.7. The molecule has 1 amide bonds. The Bertz CT molecular complexity index is 1640. The average Bonchev–Trinajstić information content (AvgIpc) is 3.48. The molecular formula is C35H50N8O6S. The number of Topliss-reactive ketones (excluding diaryl/α,β-unsaturated/α-hetero) is 1. The van der Waals surface area contributed by atoms with Crippen molar-refractivity contribution in [1.82, 2.24) is 24.3 Å². The Kier molecular flexibility index (Phi) is 14.4. The van der Waals surface area contributed by atoms with Gasteiger partial charge in [-0.05, 0) is 42.5 Å². The zero-order valence-electron chi connectivity index (χ0n) is 29.0. The largest absolute Gasteiger partial charge is 0.480 e. The number of carboxylic acid groups (broad SMARTS) is 2. The molecule has 0 spiro atoms. The maximum atomic E-state index is 12.8. The molecule has 1 aromatic carbocycles. The molecule has 3 heterocycles. The van der Waals surface area contributed by atoms with Gasteiger partial charge in [0.1, 0.15) is 22.6 Å². The molecule has 0 radical (unpaired) electrons. The van der Waals surface area contributed by atoms with Crippen LogP contribution in [0.2, 0.25) is 0 Å². The number of nitrogens with two attached hydrogens (primary N) is 2. The Hall–Kier alpha value is -4.21. The fourth-order valence-corrected chi connectivity index (χ4v) is 7.03. The molecule has 1 fully saturated rings. The summed E-state index contributed by atoms with van der Waals surface area (Å²) in [5.74, 6) is -1.78. The number of nitrogens with zero attached hydrogens (tertiary/aromatic N) is 5. The molecule has 7 N–H and O–H groups in total. The summed E-state index contributed by atoms with van der Waals surface area (Å²) in [6.07, 6.45) is 5.80. The standard InChI is InChI=1S/C35H50N8O6S/c1-3-4-5-12-38-32-31-28(39-35(37)40-32)11-13-43(31)21-25-10-9-24(18-23(25)2)20-41-14-16-42(17-15-41)30(45)8-6-7-26(44)19-29(34(48)49)50-22-27(36)33(46)47/h9-11,13,18,27,29H,3-8,12,14-17,19-22,36H2,1-2H3,(H,46,47)(H,48,49)(H3,37,38,39,40)/t27-,29?/m0/s1. The summed E-state index contributed by atoms with van der Waals surface area (Å²) in [5, 5.41) is 20.7. The predicted molar refractivity (Wildman–Crippen MR) is 195 cm³/mol. The predicted octanol–water partition coefficient (Wildman–Crippen LogP) is 3.34. The number of carboxylic acids is 2. The first-order chi connectivity index (χ1) is 23.9. The van der Waals surface area contributed by atoms with E-state index < -0.39 is 23.2 Å². The fourth-order valence-electron chi connectivity index (χ4n) is 6.00. The van der Waals surface area contributed by atoms with Crippen LogP contribution in [0.5, 0.6) is 0 Å². The van der Waals surface area contributed by atoms with E-state index in [9.17, 15) is 24.3 Å². The van der Waals surface area contributed by atoms with Gasteiger partial charge < -0.3 is 36.5 Å². The molecule has 272 valence electrons. The number of amides is 1. The van der Waals surface area contributed by atoms with E-state index in [2.05, 4.69) is 56.8 Å². The number of nitrogens with one attached hydrogen (secondary N) is 1. The van der Waals surface area contributed by atoms with Crippen molar-refractivity contribution in [3.05, 3.63) is 47.2 Å². The van der Waals surface area contributed by atoms with Crippen molar-refractivity contribution in [3.8, 4) is 0 Å². The molecule has 1 unspecified atom stereocenters. The van der Waals surface area contributed by atoms with Crippen LogP contribution in [0.4, 0.5) is 11.8 Å². The molecule has 4 rings (SSSR count). The maximum absolute atomic E-state index is 12.8. The van der Waals surface area contributed by atoms with Crippen LogP contribution in [-0.2, 0) is 32.3 Å². The van der Waals surface area contributed by atoms with Crippen LogP contribution in [-0.4, -0.2) is 108 Å². The highest BCUT2D eigenvalue weighted by molar-refractivity contribution is 8.00. The van der Waals surface area contributed by atoms with Crippen molar-refractivity contribution < 1.29 is 29.4 Å². The van der Waals surface area contributed by atoms with Gasteiger partial charge in [0.25, 0.3) is 0 Å². The highest BCUT2D eigenvalue weighted by Crippen LogP contribution is 2.25. The normalized spacial score (nSPS) is 14.8. The monoisotopic (exact) mass is 710 g/mol. The molecule has 0 aliphatic carbocycles. The van der Waals surface area contributed by atoms with Crippen LogP contribution in [0.15, 0.2) is 30.5 Å². The lowest BCUT2D eigenvalue weighted by Gasteiger charge is -2.35. The molecule has 2 aromatic heterocycles. The summed E-state index contributed by atoms with van der Waals surface area (Å²) >= 11 is 0.847. The molecule has 3 aromatic rings. The Morgan fingerprint density at radius 3 is 2.42 bits per heavy atom. The number of ketones is 1. The third kappa shape index (κ3) is 11.2. The number of anilines is 2. The maximum Gasteiger partial charge on any atom is 0.321 e. The SMILES string of the molecule is CCCCCNc1nc(N)nc2ccn(Cc3ccc(CN4CCN(C(=O)CCCC(=O)CC(SC[C@H](N)C(=O)O)C(=O)O)CC4)cc3C)c12. The number of benzene rings is 1. The van der Waals surface area contributed by atoms with E-state index in [0.717, 1.165) is 74.1 Å². The Morgan fingerprint density at radius 2 is 1.74 bits per heavy atom. The quantitative estimate of drug-likeness (QED) is 0.107. The minimum Gasteiger partial charge on any atom is -0.480 e. The molecule has 14 nitrogen and oxygen atoms in total. The number of nitrogen functional groups attached to an aromatic ring is 1. The van der Waals surface area contributed by atoms with Gasteiger partial charge in [0.2, 0.25) is 11.9 Å². The second kappa shape index (κ2) is 18.7. The lowest BCUT2D eigenvalue weighted by molar-refractivity contribution is -0.139. The van der Waals surface area contributed by atoms with E-state index in [1.54, 1.807) is 0 Å². The van der Waals surface area contributed by atoms with Crippen LogP contribution in [0.1, 0.15) is 68.6 Å². The van der Waals surface area contributed by atoms with Crippen LogP contribution >= 0.6 is 11.8 Å². The Labute approximate surface area is 297 Å². The molecule has 0 saturated carbocycles. The van der Waals surface area contributed by atoms with E-state index >= 15 is 0 Å². The lowest BCUT2D eigenvalue weighted by atomic mass is 10.0. The zero-order valence-corrected chi connectivity index (χ0v) is 29.8. The van der Waals surface area contributed by atoms with Crippen LogP contribution in [0.25, 0.3) is 11.0 Å². The number of fused-ring (bicyclic) bond motifs is 1. The number of carbonyl (C=O) groups is 4. The van der Waals surface area contributed by atoms with Crippen molar-refractivity contribution >= 4 is 58.2 Å². The third-order valence-corrected chi connectivity index (χ3v) is 10.2. The number of aryl methyl sites for hydroxylation is 1. The summed E-state index contributed by atoms with van der Waals surface area (Å²) in [7, 11) is 0. The van der Waals surface area contributed by atoms with Gasteiger partial charge in [0.05, 0.1) is 5.52 Å². The molecular weight excluding hydrogens is 661 g/mol. The number of piperazine rings is 1. The topological polar surface area (TPSA) is 210 Å². The number of aromatic nitrogens is 3. The van der Waals surface area contributed by atoms with E-state index in [-0.39, 0.29) is 42.7 Å². The van der Waals surface area contributed by atoms with Crippen molar-refractivity contribution in [2.75, 3.05) is 49.5 Å². The Morgan fingerprint density at radius 1 is 0.980 bits per heavy atom. The highest BCUT2D eigenvalue weighted by atomic mass is 32.2. The highest BCUT2D eigenvalue weighted by Gasteiger charge is 2.25. The number of unbranched alkanes of at least 4 members (excludes halogenated alkanes) is 2. The average molecular weight is 711 g/mol. The summed E-state index contributed by atoms with van der Waals surface area (Å²) in [5.41, 5.74) is 16.8. The minimum absolute atomic E-state index is 0.0147. The molecule has 15 heteroatoms. The summed E-state index contributed by atoms with van der Waals surface area (Å²) in [6, 6.07) is 7.33. The first kappa shape index (κ1) is 38.6. The third-order valence-electron chi connectivity index (χ3n) is 8.91. The molecule has 1 aliphatic heterocycles. The second-order valence-corrected chi connectivity index (χ2v) is 14.1. The van der Waals surface area contributed by atoms with E-state index in [4.69, 9.17) is 16.6 Å². The fraction of sp³-hybridized carbons (Fsp3) is 0.543. The zero-order chi connectivity index (χ0) is 36.2. The summed E-state index contributed by atoms with van der Waals surface area (Å²) in [6.45, 7) is 9.29. The number of aliphatic carboxylic acids is 2. The van der Waals surface area contributed by atoms with Crippen LogP contribution < -0.4 is 16.8 Å². The first-order valence-corrected chi connectivity index (χ1v) is 18.3. The van der Waals surface area contributed by atoms with Gasteiger partial charge in [-0.25, -0.2) is 4.98 Å². The van der Waals surface area contributed by atoms with Gasteiger partial charge in [-0.1, -0.05) is 38.0 Å².